The van der Waals surface area contributed by atoms with Crippen LogP contribution in [0.5, 0.6) is 5.75 Å². The zero-order valence-electron chi connectivity index (χ0n) is 10.7. The number of pyridine rings is 1. The van der Waals surface area contributed by atoms with E-state index in [1.807, 2.05) is 0 Å². The van der Waals surface area contributed by atoms with Crippen LogP contribution >= 0.6 is 0 Å². The van der Waals surface area contributed by atoms with Gasteiger partial charge in [-0.25, -0.2) is 8.78 Å². The van der Waals surface area contributed by atoms with Crippen LogP contribution in [-0.2, 0) is 22.5 Å². The minimum Gasteiger partial charge on any atom is -0.469 e. The van der Waals surface area contributed by atoms with Crippen molar-refractivity contribution in [3.05, 3.63) is 23.0 Å². The van der Waals surface area contributed by atoms with Crippen molar-refractivity contribution in [1.82, 2.24) is 4.98 Å². The molecule has 0 bridgehead atoms. The molecule has 1 heterocycles. The molecule has 0 aliphatic carbocycles. The Morgan fingerprint density at radius 2 is 2.05 bits per heavy atom. The number of carbonyl (C=O) groups excluding carboxylic acids is 1. The van der Waals surface area contributed by atoms with E-state index in [0.29, 0.717) is 6.20 Å². The lowest BCUT2D eigenvalue weighted by atomic mass is 10.0. The number of alkyl halides is 5. The van der Waals surface area contributed by atoms with E-state index in [9.17, 15) is 26.7 Å². The molecular formula is C11H11F5N2O3. The number of hydrogen-bond acceptors (Lipinski definition) is 5. The summed E-state index contributed by atoms with van der Waals surface area (Å²) in [6.07, 6.45) is -8.44. The molecule has 0 spiro atoms. The first kappa shape index (κ1) is 17.1. The van der Waals surface area contributed by atoms with Crippen LogP contribution in [0.25, 0.3) is 0 Å². The van der Waals surface area contributed by atoms with E-state index in [0.717, 1.165) is 7.11 Å². The highest BCUT2D eigenvalue weighted by Gasteiger charge is 2.35. The molecule has 0 saturated heterocycles. The van der Waals surface area contributed by atoms with Gasteiger partial charge < -0.3 is 15.2 Å². The largest absolute Gasteiger partial charge is 0.573 e. The molecule has 1 aromatic rings. The van der Waals surface area contributed by atoms with Gasteiger partial charge in [-0.3, -0.25) is 9.78 Å². The fourth-order valence-corrected chi connectivity index (χ4v) is 1.56. The average Bonchev–Trinajstić information content (AvgIpc) is 2.38. The third-order valence-electron chi connectivity index (χ3n) is 2.44. The second-order valence-corrected chi connectivity index (χ2v) is 3.77. The zero-order chi connectivity index (χ0) is 16.2. The summed E-state index contributed by atoms with van der Waals surface area (Å²) in [4.78, 5) is 14.6. The Morgan fingerprint density at radius 3 is 2.48 bits per heavy atom. The molecule has 0 saturated carbocycles. The Kier molecular flexibility index (Phi) is 5.41. The Labute approximate surface area is 115 Å². The van der Waals surface area contributed by atoms with Crippen LogP contribution in [0.2, 0.25) is 0 Å². The fourth-order valence-electron chi connectivity index (χ4n) is 1.56. The van der Waals surface area contributed by atoms with Gasteiger partial charge in [-0.2, -0.15) is 0 Å². The quantitative estimate of drug-likeness (QED) is 0.665. The highest BCUT2D eigenvalue weighted by molar-refractivity contribution is 5.74. The minimum atomic E-state index is -5.14. The highest BCUT2D eigenvalue weighted by atomic mass is 19.4. The van der Waals surface area contributed by atoms with Crippen LogP contribution in [0.1, 0.15) is 23.2 Å². The first-order valence-corrected chi connectivity index (χ1v) is 5.51. The smallest absolute Gasteiger partial charge is 0.469 e. The van der Waals surface area contributed by atoms with E-state index in [4.69, 9.17) is 5.73 Å². The number of halogens is 5. The second-order valence-electron chi connectivity index (χ2n) is 3.77. The van der Waals surface area contributed by atoms with Crippen molar-refractivity contribution in [2.24, 2.45) is 5.73 Å². The maximum atomic E-state index is 12.9. The van der Waals surface area contributed by atoms with Gasteiger partial charge in [0.1, 0.15) is 0 Å². The summed E-state index contributed by atoms with van der Waals surface area (Å²) in [7, 11) is 0.972. The molecule has 1 aromatic heterocycles. The molecule has 0 fully saturated rings. The van der Waals surface area contributed by atoms with Gasteiger partial charge in [0.2, 0.25) is 0 Å². The number of carbonyl (C=O) groups is 1. The second kappa shape index (κ2) is 6.66. The molecule has 0 aromatic carbocycles. The third-order valence-corrected chi connectivity index (χ3v) is 2.44. The van der Waals surface area contributed by atoms with Gasteiger partial charge in [0.25, 0.3) is 6.43 Å². The number of hydrogen-bond donors (Lipinski definition) is 1. The molecule has 0 atom stereocenters. The van der Waals surface area contributed by atoms with Crippen molar-refractivity contribution in [3.8, 4) is 5.75 Å². The van der Waals surface area contributed by atoms with Gasteiger partial charge in [0.15, 0.2) is 5.75 Å². The van der Waals surface area contributed by atoms with Gasteiger partial charge in [-0.15, -0.1) is 13.2 Å². The molecule has 0 aliphatic rings. The SMILES string of the molecule is COC(=O)Cc1c(C(F)F)cnc(CN)c1OC(F)(F)F. The topological polar surface area (TPSA) is 74.4 Å². The molecule has 0 aliphatic heterocycles. The standard InChI is InChI=1S/C11H11F5N2O3/c1-20-8(19)2-5-6(10(12)13)4-18-7(3-17)9(5)21-11(14,15)16/h4,10H,2-3,17H2,1H3. The highest BCUT2D eigenvalue weighted by Crippen LogP contribution is 2.35. The summed E-state index contributed by atoms with van der Waals surface area (Å²) >= 11 is 0. The molecule has 5 nitrogen and oxygen atoms in total. The first-order valence-electron chi connectivity index (χ1n) is 5.51. The number of esters is 1. The fraction of sp³-hybridized carbons (Fsp3) is 0.455. The predicted molar refractivity (Wildman–Crippen MR) is 59.5 cm³/mol. The number of nitrogens with two attached hydrogens (primary N) is 1. The van der Waals surface area contributed by atoms with Crippen LogP contribution in [-0.4, -0.2) is 24.4 Å². The summed E-state index contributed by atoms with van der Waals surface area (Å²) in [5.74, 6) is -1.99. The van der Waals surface area contributed by atoms with E-state index in [-0.39, 0.29) is 0 Å². The Hall–Kier alpha value is -1.97. The number of rotatable bonds is 5. The molecule has 0 unspecified atom stereocenters. The Balaban J connectivity index is 3.45. The van der Waals surface area contributed by atoms with Crippen molar-refractivity contribution in [3.63, 3.8) is 0 Å². The number of aromatic nitrogens is 1. The van der Waals surface area contributed by atoms with Crippen LogP contribution in [0, 0.1) is 0 Å². The predicted octanol–water partition coefficient (Wildman–Crippen LogP) is 2.09. The lowest BCUT2D eigenvalue weighted by Crippen LogP contribution is -2.22. The Bertz CT molecular complexity index is 519. The van der Waals surface area contributed by atoms with Crippen molar-refractivity contribution in [2.45, 2.75) is 25.8 Å². The number of nitrogens with zero attached hydrogens (tertiary/aromatic N) is 1. The maximum absolute atomic E-state index is 12.9. The van der Waals surface area contributed by atoms with Crippen LogP contribution < -0.4 is 10.5 Å². The molecule has 10 heteroatoms. The van der Waals surface area contributed by atoms with Crippen molar-refractivity contribution >= 4 is 5.97 Å². The van der Waals surface area contributed by atoms with E-state index in [1.165, 1.54) is 0 Å². The Morgan fingerprint density at radius 1 is 1.43 bits per heavy atom. The van der Waals surface area contributed by atoms with Crippen LogP contribution in [0.3, 0.4) is 0 Å². The summed E-state index contributed by atoms with van der Waals surface area (Å²) in [6, 6.07) is 0. The van der Waals surface area contributed by atoms with Gasteiger partial charge in [-0.05, 0) is 0 Å². The normalized spacial score (nSPS) is 11.6. The maximum Gasteiger partial charge on any atom is 0.573 e. The number of ether oxygens (including phenoxy) is 2. The van der Waals surface area contributed by atoms with Gasteiger partial charge >= 0.3 is 12.3 Å². The molecule has 118 valence electrons. The lowest BCUT2D eigenvalue weighted by molar-refractivity contribution is -0.275. The van der Waals surface area contributed by atoms with Crippen LogP contribution in [0.4, 0.5) is 22.0 Å². The van der Waals surface area contributed by atoms with Crippen molar-refractivity contribution in [2.75, 3.05) is 7.11 Å². The summed E-state index contributed by atoms with van der Waals surface area (Å²) < 4.78 is 70.9. The van der Waals surface area contributed by atoms with Gasteiger partial charge in [0, 0.05) is 23.9 Å². The average molecular weight is 314 g/mol. The molecule has 1 rings (SSSR count). The van der Waals surface area contributed by atoms with E-state index in [2.05, 4.69) is 14.5 Å². The molecular weight excluding hydrogens is 303 g/mol. The summed E-state index contributed by atoms with van der Waals surface area (Å²) in [6.45, 7) is -0.483. The van der Waals surface area contributed by atoms with E-state index < -0.39 is 54.3 Å². The van der Waals surface area contributed by atoms with Gasteiger partial charge in [-0.1, -0.05) is 0 Å². The van der Waals surface area contributed by atoms with Crippen molar-refractivity contribution in [1.29, 1.82) is 0 Å². The number of methoxy groups -OCH3 is 1. The van der Waals surface area contributed by atoms with E-state index >= 15 is 0 Å². The first-order chi connectivity index (χ1) is 9.69. The molecule has 0 radical (unpaired) electrons. The summed E-state index contributed by atoms with van der Waals surface area (Å²) in [5.41, 5.74) is 3.32. The zero-order valence-corrected chi connectivity index (χ0v) is 10.7. The van der Waals surface area contributed by atoms with E-state index in [1.54, 1.807) is 0 Å². The minimum absolute atomic E-state index is 0.393. The van der Waals surface area contributed by atoms with Gasteiger partial charge in [0.05, 0.1) is 19.2 Å². The van der Waals surface area contributed by atoms with Crippen molar-refractivity contribution < 1.29 is 36.2 Å². The summed E-state index contributed by atoms with van der Waals surface area (Å²) in [5, 5.41) is 0. The molecule has 21 heavy (non-hydrogen) atoms. The molecule has 0 amide bonds. The lowest BCUT2D eigenvalue weighted by Gasteiger charge is -2.18. The molecule has 2 N–H and O–H groups in total. The monoisotopic (exact) mass is 314 g/mol. The third kappa shape index (κ3) is 4.52. The van der Waals surface area contributed by atoms with Crippen LogP contribution in [0.15, 0.2) is 6.20 Å².